The number of hydrogen-bond donors (Lipinski definition) is 1. The number of methoxy groups -OCH3 is 2. The van der Waals surface area contributed by atoms with Crippen LogP contribution in [0.25, 0.3) is 0 Å². The Morgan fingerprint density at radius 2 is 2.05 bits per heavy atom. The fourth-order valence-electron chi connectivity index (χ4n) is 2.59. The standard InChI is InChI=1S/C15H21NO5S/c1-10(13-8-12(20-2)4-5-14(13)21-3)16-15(17)11-6-7-22(18,19)9-11/h4-5,8,10-11H,6-7,9H2,1-3H3,(H,16,17)/t10-,11+/m0/s1. The third-order valence-corrected chi connectivity index (χ3v) is 5.63. The van der Waals surface area contributed by atoms with Crippen molar-refractivity contribution in [2.75, 3.05) is 25.7 Å². The minimum atomic E-state index is -3.07. The van der Waals surface area contributed by atoms with Crippen molar-refractivity contribution in [3.63, 3.8) is 0 Å². The average Bonchev–Trinajstić information content (AvgIpc) is 2.86. The lowest BCUT2D eigenvalue weighted by Crippen LogP contribution is -2.33. The molecule has 1 heterocycles. The average molecular weight is 327 g/mol. The second-order valence-corrected chi connectivity index (χ2v) is 7.67. The van der Waals surface area contributed by atoms with Gasteiger partial charge in [0.1, 0.15) is 11.5 Å². The molecule has 0 radical (unpaired) electrons. The highest BCUT2D eigenvalue weighted by Gasteiger charge is 2.33. The SMILES string of the molecule is COc1ccc(OC)c([C@H](C)NC(=O)[C@@H]2CCS(=O)(=O)C2)c1. The van der Waals surface area contributed by atoms with E-state index in [4.69, 9.17) is 9.47 Å². The summed E-state index contributed by atoms with van der Waals surface area (Å²) in [5.41, 5.74) is 0.788. The second-order valence-electron chi connectivity index (χ2n) is 5.44. The van der Waals surface area contributed by atoms with Crippen molar-refractivity contribution in [2.45, 2.75) is 19.4 Å². The molecule has 122 valence electrons. The molecule has 0 unspecified atom stereocenters. The van der Waals surface area contributed by atoms with Crippen LogP contribution in [0.15, 0.2) is 18.2 Å². The van der Waals surface area contributed by atoms with Gasteiger partial charge in [-0.1, -0.05) is 0 Å². The van der Waals surface area contributed by atoms with Gasteiger partial charge in [-0.2, -0.15) is 0 Å². The van der Waals surface area contributed by atoms with E-state index in [1.54, 1.807) is 32.4 Å². The fourth-order valence-corrected chi connectivity index (χ4v) is 4.33. The summed E-state index contributed by atoms with van der Waals surface area (Å²) >= 11 is 0. The molecular formula is C15H21NO5S. The minimum absolute atomic E-state index is 0.0687. The van der Waals surface area contributed by atoms with Gasteiger partial charge in [-0.25, -0.2) is 8.42 Å². The number of carbonyl (C=O) groups excluding carboxylic acids is 1. The van der Waals surface area contributed by atoms with Crippen molar-refractivity contribution < 1.29 is 22.7 Å². The van der Waals surface area contributed by atoms with Crippen LogP contribution >= 0.6 is 0 Å². The zero-order valence-electron chi connectivity index (χ0n) is 13.0. The van der Waals surface area contributed by atoms with Crippen LogP contribution in [-0.4, -0.2) is 40.1 Å². The van der Waals surface area contributed by atoms with E-state index in [0.29, 0.717) is 17.9 Å². The zero-order valence-corrected chi connectivity index (χ0v) is 13.8. The zero-order chi connectivity index (χ0) is 16.3. The number of amides is 1. The first-order valence-electron chi connectivity index (χ1n) is 7.09. The third-order valence-electron chi connectivity index (χ3n) is 3.87. The molecule has 7 heteroatoms. The van der Waals surface area contributed by atoms with Crippen LogP contribution in [0.2, 0.25) is 0 Å². The van der Waals surface area contributed by atoms with Gasteiger partial charge in [0.2, 0.25) is 5.91 Å². The molecule has 6 nitrogen and oxygen atoms in total. The number of ether oxygens (including phenoxy) is 2. The van der Waals surface area contributed by atoms with Crippen molar-refractivity contribution in [1.29, 1.82) is 0 Å². The molecule has 1 aliphatic rings. The van der Waals surface area contributed by atoms with Gasteiger partial charge >= 0.3 is 0 Å². The molecule has 0 spiro atoms. The van der Waals surface area contributed by atoms with Gasteiger partial charge < -0.3 is 14.8 Å². The lowest BCUT2D eigenvalue weighted by Gasteiger charge is -2.19. The minimum Gasteiger partial charge on any atom is -0.497 e. The molecule has 0 bridgehead atoms. The van der Waals surface area contributed by atoms with E-state index >= 15 is 0 Å². The first kappa shape index (κ1) is 16.6. The smallest absolute Gasteiger partial charge is 0.224 e. The molecule has 1 amide bonds. The number of rotatable bonds is 5. The Bertz CT molecular complexity index is 656. The van der Waals surface area contributed by atoms with Crippen molar-refractivity contribution in [2.24, 2.45) is 5.92 Å². The summed E-state index contributed by atoms with van der Waals surface area (Å²) < 4.78 is 33.4. The highest BCUT2D eigenvalue weighted by molar-refractivity contribution is 7.91. The largest absolute Gasteiger partial charge is 0.497 e. The predicted octanol–water partition coefficient (Wildman–Crippen LogP) is 1.32. The van der Waals surface area contributed by atoms with Gasteiger partial charge in [-0.3, -0.25) is 4.79 Å². The van der Waals surface area contributed by atoms with Gasteiger partial charge in [0.25, 0.3) is 0 Å². The summed E-state index contributed by atoms with van der Waals surface area (Å²) in [6.45, 7) is 1.83. The normalized spacial score (nSPS) is 21.1. The van der Waals surface area contributed by atoms with E-state index in [2.05, 4.69) is 5.32 Å². The number of carbonyl (C=O) groups is 1. The van der Waals surface area contributed by atoms with Crippen LogP contribution in [0.3, 0.4) is 0 Å². The number of nitrogens with one attached hydrogen (secondary N) is 1. The molecule has 1 aromatic rings. The van der Waals surface area contributed by atoms with Crippen molar-refractivity contribution in [3.05, 3.63) is 23.8 Å². The number of sulfone groups is 1. The highest BCUT2D eigenvalue weighted by Crippen LogP contribution is 2.30. The van der Waals surface area contributed by atoms with Crippen LogP contribution in [0.1, 0.15) is 24.9 Å². The molecule has 1 N–H and O–H groups in total. The summed E-state index contributed by atoms with van der Waals surface area (Å²) in [5, 5.41) is 2.86. The van der Waals surface area contributed by atoms with E-state index in [9.17, 15) is 13.2 Å². The Morgan fingerprint density at radius 3 is 2.59 bits per heavy atom. The summed E-state index contributed by atoms with van der Waals surface area (Å²) in [4.78, 5) is 12.2. The summed E-state index contributed by atoms with van der Waals surface area (Å²) in [7, 11) is 0.0567. The maximum absolute atomic E-state index is 12.2. The van der Waals surface area contributed by atoms with E-state index in [0.717, 1.165) is 5.56 Å². The van der Waals surface area contributed by atoms with E-state index in [1.165, 1.54) is 0 Å². The van der Waals surface area contributed by atoms with Gasteiger partial charge in [-0.05, 0) is 31.5 Å². The van der Waals surface area contributed by atoms with Crippen molar-refractivity contribution >= 4 is 15.7 Å². The molecular weight excluding hydrogens is 306 g/mol. The Morgan fingerprint density at radius 1 is 1.32 bits per heavy atom. The monoisotopic (exact) mass is 327 g/mol. The lowest BCUT2D eigenvalue weighted by atomic mass is 10.0. The lowest BCUT2D eigenvalue weighted by molar-refractivity contribution is -0.124. The van der Waals surface area contributed by atoms with Crippen LogP contribution < -0.4 is 14.8 Å². The highest BCUT2D eigenvalue weighted by atomic mass is 32.2. The fraction of sp³-hybridized carbons (Fsp3) is 0.533. The maximum Gasteiger partial charge on any atom is 0.224 e. The van der Waals surface area contributed by atoms with E-state index in [1.807, 2.05) is 6.92 Å². The van der Waals surface area contributed by atoms with Gasteiger partial charge in [0.15, 0.2) is 9.84 Å². The first-order valence-corrected chi connectivity index (χ1v) is 8.91. The topological polar surface area (TPSA) is 81.7 Å². The summed E-state index contributed by atoms with van der Waals surface area (Å²) in [6.07, 6.45) is 0.385. The number of hydrogen-bond acceptors (Lipinski definition) is 5. The molecule has 1 fully saturated rings. The van der Waals surface area contributed by atoms with Crippen LogP contribution in [0, 0.1) is 5.92 Å². The molecule has 1 aromatic carbocycles. The molecule has 0 saturated carbocycles. The number of benzene rings is 1. The Hall–Kier alpha value is -1.76. The Labute approximate surface area is 130 Å². The molecule has 1 aliphatic heterocycles. The van der Waals surface area contributed by atoms with Crippen LogP contribution in [0.5, 0.6) is 11.5 Å². The molecule has 0 aliphatic carbocycles. The van der Waals surface area contributed by atoms with Crippen LogP contribution in [-0.2, 0) is 14.6 Å². The van der Waals surface area contributed by atoms with E-state index < -0.39 is 15.8 Å². The molecule has 2 rings (SSSR count). The molecule has 0 aromatic heterocycles. The Kier molecular flexibility index (Phi) is 4.95. The van der Waals surface area contributed by atoms with E-state index in [-0.39, 0.29) is 23.5 Å². The first-order chi connectivity index (χ1) is 10.4. The maximum atomic E-state index is 12.2. The van der Waals surface area contributed by atoms with Gasteiger partial charge in [0.05, 0.1) is 37.7 Å². The van der Waals surface area contributed by atoms with Crippen LogP contribution in [0.4, 0.5) is 0 Å². The van der Waals surface area contributed by atoms with Crippen molar-refractivity contribution in [3.8, 4) is 11.5 Å². The Balaban J connectivity index is 2.12. The summed E-state index contributed by atoms with van der Waals surface area (Å²) in [5.74, 6) is 0.624. The molecule has 2 atom stereocenters. The second kappa shape index (κ2) is 6.56. The third kappa shape index (κ3) is 3.71. The predicted molar refractivity (Wildman–Crippen MR) is 82.9 cm³/mol. The van der Waals surface area contributed by atoms with Gasteiger partial charge in [0, 0.05) is 5.56 Å². The van der Waals surface area contributed by atoms with Crippen molar-refractivity contribution in [1.82, 2.24) is 5.32 Å². The molecule has 1 saturated heterocycles. The molecule has 22 heavy (non-hydrogen) atoms. The van der Waals surface area contributed by atoms with Gasteiger partial charge in [-0.15, -0.1) is 0 Å². The summed E-state index contributed by atoms with van der Waals surface area (Å²) in [6, 6.07) is 5.05. The quantitative estimate of drug-likeness (QED) is 0.882.